The molecule has 3 aromatic rings. The van der Waals surface area contributed by atoms with Crippen molar-refractivity contribution < 1.29 is 10.0 Å². The molecule has 25 heavy (non-hydrogen) atoms. The fourth-order valence-corrected chi connectivity index (χ4v) is 4.45. The second kappa shape index (κ2) is 6.29. The van der Waals surface area contributed by atoms with Crippen LogP contribution < -0.4 is 10.4 Å². The van der Waals surface area contributed by atoms with E-state index in [9.17, 15) is 15.2 Å². The summed E-state index contributed by atoms with van der Waals surface area (Å²) < 4.78 is 0. The van der Waals surface area contributed by atoms with Gasteiger partial charge in [0, 0.05) is 23.6 Å². The molecule has 0 saturated carbocycles. The molecule has 0 spiro atoms. The van der Waals surface area contributed by atoms with E-state index in [4.69, 9.17) is 0 Å². The van der Waals surface area contributed by atoms with Gasteiger partial charge in [-0.2, -0.15) is 0 Å². The number of fused-ring (bicyclic) bond motifs is 3. The SMILES string of the molecule is O=[N+]([O-])c1ccc([O-])c(CNc2ncnc3sc4c(c23)CCCC4)c1. The van der Waals surface area contributed by atoms with Gasteiger partial charge < -0.3 is 10.4 Å². The van der Waals surface area contributed by atoms with Crippen molar-refractivity contribution in [3.05, 3.63) is 50.6 Å². The zero-order valence-corrected chi connectivity index (χ0v) is 14.1. The summed E-state index contributed by atoms with van der Waals surface area (Å²) in [6.45, 7) is 0.192. The minimum atomic E-state index is -0.499. The second-order valence-electron chi connectivity index (χ2n) is 6.02. The summed E-state index contributed by atoms with van der Waals surface area (Å²) in [5, 5.41) is 27.1. The van der Waals surface area contributed by atoms with E-state index in [-0.39, 0.29) is 18.0 Å². The fraction of sp³-hybridized carbons (Fsp3) is 0.294. The van der Waals surface area contributed by atoms with E-state index in [1.54, 1.807) is 11.3 Å². The zero-order chi connectivity index (χ0) is 17.4. The van der Waals surface area contributed by atoms with Crippen LogP contribution in [0.4, 0.5) is 11.5 Å². The number of nitrogens with zero attached hydrogens (tertiary/aromatic N) is 3. The molecule has 0 fully saturated rings. The van der Waals surface area contributed by atoms with Crippen molar-refractivity contribution in [1.82, 2.24) is 9.97 Å². The van der Waals surface area contributed by atoms with Gasteiger partial charge in [0.1, 0.15) is 17.0 Å². The molecular formula is C17H15N4O3S-. The number of nitro benzene ring substituents is 1. The maximum absolute atomic E-state index is 12.0. The average molecular weight is 355 g/mol. The van der Waals surface area contributed by atoms with E-state index in [1.165, 1.54) is 41.4 Å². The summed E-state index contributed by atoms with van der Waals surface area (Å²) in [5.74, 6) is 0.464. The molecule has 7 nitrogen and oxygen atoms in total. The van der Waals surface area contributed by atoms with Gasteiger partial charge in [-0.1, -0.05) is 6.07 Å². The number of benzene rings is 1. The molecule has 0 saturated heterocycles. The van der Waals surface area contributed by atoms with Crippen molar-refractivity contribution in [2.45, 2.75) is 32.2 Å². The molecule has 0 amide bonds. The van der Waals surface area contributed by atoms with Gasteiger partial charge in [0.25, 0.3) is 5.69 Å². The molecule has 0 radical (unpaired) electrons. The monoisotopic (exact) mass is 355 g/mol. The predicted octanol–water partition coefficient (Wildman–Crippen LogP) is 3.16. The van der Waals surface area contributed by atoms with Crippen LogP contribution in [0.15, 0.2) is 24.5 Å². The number of nitro groups is 1. The molecule has 1 aliphatic carbocycles. The quantitative estimate of drug-likeness (QED) is 0.569. The largest absolute Gasteiger partial charge is 0.872 e. The van der Waals surface area contributed by atoms with Crippen molar-refractivity contribution in [1.29, 1.82) is 0 Å². The molecule has 0 aliphatic heterocycles. The minimum absolute atomic E-state index is 0.0860. The summed E-state index contributed by atoms with van der Waals surface area (Å²) in [6, 6.07) is 3.78. The first kappa shape index (κ1) is 15.8. The van der Waals surface area contributed by atoms with Crippen molar-refractivity contribution in [3.8, 4) is 5.75 Å². The second-order valence-corrected chi connectivity index (χ2v) is 7.10. The Kier molecular flexibility index (Phi) is 3.96. The maximum Gasteiger partial charge on any atom is 0.269 e. The first-order chi connectivity index (χ1) is 12.1. The summed E-state index contributed by atoms with van der Waals surface area (Å²) in [4.78, 5) is 21.4. The Balaban J connectivity index is 1.67. The first-order valence-electron chi connectivity index (χ1n) is 8.07. The first-order valence-corrected chi connectivity index (χ1v) is 8.88. The van der Waals surface area contributed by atoms with Crippen LogP contribution in [-0.2, 0) is 19.4 Å². The van der Waals surface area contributed by atoms with E-state index in [2.05, 4.69) is 15.3 Å². The van der Waals surface area contributed by atoms with Crippen LogP contribution in [0.25, 0.3) is 10.2 Å². The summed E-state index contributed by atoms with van der Waals surface area (Å²) in [7, 11) is 0. The van der Waals surface area contributed by atoms with Gasteiger partial charge in [-0.3, -0.25) is 10.1 Å². The van der Waals surface area contributed by atoms with Crippen LogP contribution in [0.5, 0.6) is 5.75 Å². The third-order valence-corrected chi connectivity index (χ3v) is 5.65. The van der Waals surface area contributed by atoms with Gasteiger partial charge >= 0.3 is 0 Å². The molecule has 8 heteroatoms. The van der Waals surface area contributed by atoms with Crippen molar-refractivity contribution in [2.24, 2.45) is 0 Å². The molecule has 0 bridgehead atoms. The molecule has 4 rings (SSSR count). The van der Waals surface area contributed by atoms with Gasteiger partial charge in [0.15, 0.2) is 0 Å². The van der Waals surface area contributed by atoms with Crippen molar-refractivity contribution in [2.75, 3.05) is 5.32 Å². The summed E-state index contributed by atoms with van der Waals surface area (Å²) in [6.07, 6.45) is 5.95. The number of anilines is 1. The van der Waals surface area contributed by atoms with E-state index in [0.717, 1.165) is 29.5 Å². The number of aryl methyl sites for hydroxylation is 2. The smallest absolute Gasteiger partial charge is 0.269 e. The molecule has 128 valence electrons. The van der Waals surface area contributed by atoms with Gasteiger partial charge in [-0.05, 0) is 36.8 Å². The summed E-state index contributed by atoms with van der Waals surface area (Å²) >= 11 is 1.70. The number of thiophene rings is 1. The molecule has 0 atom stereocenters. The van der Waals surface area contributed by atoms with E-state index in [1.807, 2.05) is 0 Å². The predicted molar refractivity (Wildman–Crippen MR) is 93.9 cm³/mol. The van der Waals surface area contributed by atoms with Crippen LogP contribution in [0.1, 0.15) is 28.8 Å². The topological polar surface area (TPSA) is 104 Å². The molecule has 2 aromatic heterocycles. The Morgan fingerprint density at radius 3 is 2.92 bits per heavy atom. The highest BCUT2D eigenvalue weighted by Crippen LogP contribution is 2.38. The van der Waals surface area contributed by atoms with Crippen LogP contribution >= 0.6 is 11.3 Å². The van der Waals surface area contributed by atoms with Crippen molar-refractivity contribution >= 4 is 33.1 Å². The molecule has 1 aromatic carbocycles. The Morgan fingerprint density at radius 1 is 1.24 bits per heavy atom. The standard InChI is InChI=1S/C17H16N4O3S/c22-13-6-5-11(21(23)24)7-10(13)8-18-16-15-12-3-1-2-4-14(12)25-17(15)20-9-19-16/h5-7,9,22H,1-4,8H2,(H,18,19,20)/p-1. The number of non-ortho nitro benzene ring substituents is 1. The number of hydrogen-bond donors (Lipinski definition) is 1. The van der Waals surface area contributed by atoms with Gasteiger partial charge in [0.05, 0.1) is 10.3 Å². The Hall–Kier alpha value is -2.74. The number of rotatable bonds is 4. The molecular weight excluding hydrogens is 340 g/mol. The van der Waals surface area contributed by atoms with E-state index < -0.39 is 4.92 Å². The molecule has 0 unspecified atom stereocenters. The minimum Gasteiger partial charge on any atom is -0.872 e. The number of aromatic nitrogens is 2. The highest BCUT2D eigenvalue weighted by Gasteiger charge is 2.19. The number of nitrogens with one attached hydrogen (secondary N) is 1. The molecule has 1 N–H and O–H groups in total. The highest BCUT2D eigenvalue weighted by molar-refractivity contribution is 7.19. The Morgan fingerprint density at radius 2 is 2.08 bits per heavy atom. The lowest BCUT2D eigenvalue weighted by Gasteiger charge is -2.15. The normalized spacial score (nSPS) is 13.6. The lowest BCUT2D eigenvalue weighted by molar-refractivity contribution is -0.385. The van der Waals surface area contributed by atoms with E-state index in [0.29, 0.717) is 11.4 Å². The zero-order valence-electron chi connectivity index (χ0n) is 13.3. The third-order valence-electron chi connectivity index (χ3n) is 4.45. The van der Waals surface area contributed by atoms with Crippen LogP contribution in [-0.4, -0.2) is 14.9 Å². The van der Waals surface area contributed by atoms with E-state index >= 15 is 0 Å². The number of hydrogen-bond acceptors (Lipinski definition) is 7. The van der Waals surface area contributed by atoms with Crippen LogP contribution in [0.2, 0.25) is 0 Å². The van der Waals surface area contributed by atoms with Crippen LogP contribution in [0, 0.1) is 10.1 Å². The van der Waals surface area contributed by atoms with Gasteiger partial charge in [-0.15, -0.1) is 17.1 Å². The van der Waals surface area contributed by atoms with Gasteiger partial charge in [0.2, 0.25) is 0 Å². The lowest BCUT2D eigenvalue weighted by atomic mass is 9.97. The Labute approximate surface area is 147 Å². The third kappa shape index (κ3) is 2.89. The maximum atomic E-state index is 12.0. The Bertz CT molecular complexity index is 970. The van der Waals surface area contributed by atoms with Crippen molar-refractivity contribution in [3.63, 3.8) is 0 Å². The summed E-state index contributed by atoms with van der Waals surface area (Å²) in [5.41, 5.74) is 1.57. The average Bonchev–Trinajstić information content (AvgIpc) is 3.00. The lowest BCUT2D eigenvalue weighted by Crippen LogP contribution is -2.07. The molecule has 1 aliphatic rings. The van der Waals surface area contributed by atoms with Crippen LogP contribution in [0.3, 0.4) is 0 Å². The fourth-order valence-electron chi connectivity index (χ4n) is 3.22. The van der Waals surface area contributed by atoms with Gasteiger partial charge in [-0.25, -0.2) is 9.97 Å². The highest BCUT2D eigenvalue weighted by atomic mass is 32.1. The molecule has 2 heterocycles.